The van der Waals surface area contributed by atoms with Gasteiger partial charge in [0.15, 0.2) is 0 Å². The summed E-state index contributed by atoms with van der Waals surface area (Å²) in [5, 5.41) is 2.68. The van der Waals surface area contributed by atoms with Crippen LogP contribution in [0.3, 0.4) is 0 Å². The first-order valence-electron chi connectivity index (χ1n) is 5.48. The van der Waals surface area contributed by atoms with Gasteiger partial charge < -0.3 is 15.8 Å². The predicted octanol–water partition coefficient (Wildman–Crippen LogP) is 0.136. The van der Waals surface area contributed by atoms with Crippen molar-refractivity contribution in [1.82, 2.24) is 5.32 Å². The Bertz CT molecular complexity index is 406. The molecule has 0 unspecified atom stereocenters. The lowest BCUT2D eigenvalue weighted by Crippen LogP contribution is -2.29. The number of nitrogens with two attached hydrogens (primary N) is 1. The van der Waals surface area contributed by atoms with Crippen molar-refractivity contribution >= 4 is 24.4 Å². The predicted molar refractivity (Wildman–Crippen MR) is 70.4 cm³/mol. The number of benzene rings is 1. The first-order valence-corrected chi connectivity index (χ1v) is 5.93. The normalized spacial score (nSPS) is 10.1. The largest absolute Gasteiger partial charge is 0.370 e. The van der Waals surface area contributed by atoms with Gasteiger partial charge in [0.1, 0.15) is 6.61 Å². The number of hydrogen-bond donors (Lipinski definition) is 3. The molecule has 1 aromatic carbocycles. The van der Waals surface area contributed by atoms with Crippen molar-refractivity contribution in [2.24, 2.45) is 5.73 Å². The van der Waals surface area contributed by atoms with E-state index in [1.807, 2.05) is 24.3 Å². The maximum atomic E-state index is 11.5. The van der Waals surface area contributed by atoms with Crippen LogP contribution in [0.25, 0.3) is 0 Å². The van der Waals surface area contributed by atoms with E-state index < -0.39 is 5.91 Å². The molecular formula is C12H16N2O3S. The zero-order valence-electron chi connectivity index (χ0n) is 9.89. The van der Waals surface area contributed by atoms with Crippen LogP contribution < -0.4 is 11.1 Å². The lowest BCUT2D eigenvalue weighted by molar-refractivity contribution is -0.122. The van der Waals surface area contributed by atoms with Gasteiger partial charge in [0, 0.05) is 11.4 Å². The van der Waals surface area contributed by atoms with Crippen LogP contribution in [0.4, 0.5) is 0 Å². The van der Waals surface area contributed by atoms with E-state index in [0.29, 0.717) is 13.0 Å². The maximum Gasteiger partial charge on any atom is 0.243 e. The number of primary amides is 1. The Kier molecular flexibility index (Phi) is 6.24. The van der Waals surface area contributed by atoms with Crippen LogP contribution in [0.2, 0.25) is 0 Å². The summed E-state index contributed by atoms with van der Waals surface area (Å²) >= 11 is 4.16. The molecule has 0 spiro atoms. The monoisotopic (exact) mass is 268 g/mol. The van der Waals surface area contributed by atoms with Gasteiger partial charge in [-0.25, -0.2) is 0 Å². The Morgan fingerprint density at radius 1 is 1.28 bits per heavy atom. The molecule has 6 heteroatoms. The van der Waals surface area contributed by atoms with E-state index in [0.717, 1.165) is 10.5 Å². The number of thiol groups is 1. The quantitative estimate of drug-likeness (QED) is 0.486. The molecule has 0 saturated heterocycles. The van der Waals surface area contributed by atoms with Crippen molar-refractivity contribution < 1.29 is 14.3 Å². The minimum Gasteiger partial charge on any atom is -0.370 e. The molecule has 0 aliphatic carbocycles. The van der Waals surface area contributed by atoms with Crippen molar-refractivity contribution in [2.75, 3.05) is 19.8 Å². The highest BCUT2D eigenvalue weighted by Gasteiger charge is 2.02. The average molecular weight is 268 g/mol. The Labute approximate surface area is 111 Å². The smallest absolute Gasteiger partial charge is 0.243 e. The molecule has 0 fully saturated rings. The highest BCUT2D eigenvalue weighted by Crippen LogP contribution is 2.07. The zero-order chi connectivity index (χ0) is 13.4. The lowest BCUT2D eigenvalue weighted by Gasteiger charge is -2.05. The number of carbonyl (C=O) groups excluding carboxylic acids is 2. The van der Waals surface area contributed by atoms with Crippen LogP contribution in [0.15, 0.2) is 29.2 Å². The van der Waals surface area contributed by atoms with Gasteiger partial charge >= 0.3 is 0 Å². The number of nitrogens with one attached hydrogen (secondary N) is 1. The zero-order valence-corrected chi connectivity index (χ0v) is 10.8. The first-order chi connectivity index (χ1) is 8.58. The molecule has 0 aliphatic heterocycles. The molecule has 18 heavy (non-hydrogen) atoms. The minimum atomic E-state index is -0.520. The number of carbonyl (C=O) groups is 2. The molecule has 0 bridgehead atoms. The second-order valence-electron chi connectivity index (χ2n) is 3.71. The van der Waals surface area contributed by atoms with E-state index in [-0.39, 0.29) is 19.1 Å². The number of ether oxygens (including phenoxy) is 1. The molecule has 2 amide bonds. The van der Waals surface area contributed by atoms with Crippen LogP contribution in [0.1, 0.15) is 5.56 Å². The first kappa shape index (κ1) is 14.5. The Morgan fingerprint density at radius 2 is 1.94 bits per heavy atom. The molecule has 1 aromatic rings. The second-order valence-corrected chi connectivity index (χ2v) is 4.23. The molecular weight excluding hydrogens is 252 g/mol. The topological polar surface area (TPSA) is 81.4 Å². The summed E-state index contributed by atoms with van der Waals surface area (Å²) in [4.78, 5) is 22.7. The fraction of sp³-hybridized carbons (Fsp3) is 0.333. The van der Waals surface area contributed by atoms with E-state index >= 15 is 0 Å². The number of rotatable bonds is 7. The van der Waals surface area contributed by atoms with E-state index in [2.05, 4.69) is 17.9 Å². The molecule has 0 saturated carbocycles. The van der Waals surface area contributed by atoms with Crippen LogP contribution in [-0.4, -0.2) is 31.6 Å². The minimum absolute atomic E-state index is 0.0930. The van der Waals surface area contributed by atoms with Crippen molar-refractivity contribution in [3.8, 4) is 0 Å². The molecule has 0 heterocycles. The van der Waals surface area contributed by atoms with E-state index in [4.69, 9.17) is 10.5 Å². The van der Waals surface area contributed by atoms with Gasteiger partial charge in [-0.05, 0) is 17.7 Å². The molecule has 98 valence electrons. The van der Waals surface area contributed by atoms with Crippen molar-refractivity contribution in [3.63, 3.8) is 0 Å². The number of amides is 2. The second kappa shape index (κ2) is 7.73. The van der Waals surface area contributed by atoms with Gasteiger partial charge in [0.25, 0.3) is 0 Å². The Hall–Kier alpha value is -1.53. The summed E-state index contributed by atoms with van der Waals surface area (Å²) in [6.45, 7) is 0.500. The molecule has 0 radical (unpaired) electrons. The fourth-order valence-corrected chi connectivity index (χ4v) is 1.45. The molecule has 0 atom stereocenters. The van der Waals surface area contributed by atoms with Crippen molar-refractivity contribution in [2.45, 2.75) is 11.3 Å². The van der Waals surface area contributed by atoms with Gasteiger partial charge in [0.05, 0.1) is 13.0 Å². The van der Waals surface area contributed by atoms with Crippen LogP contribution >= 0.6 is 12.6 Å². The fourth-order valence-electron chi connectivity index (χ4n) is 1.30. The SMILES string of the molecule is NC(=O)COCCNC(=O)Cc1ccc(S)cc1. The highest BCUT2D eigenvalue weighted by atomic mass is 32.1. The summed E-state index contributed by atoms with van der Waals surface area (Å²) in [7, 11) is 0. The third-order valence-corrected chi connectivity index (χ3v) is 2.41. The third kappa shape index (κ3) is 6.27. The van der Waals surface area contributed by atoms with E-state index in [1.165, 1.54) is 0 Å². The molecule has 0 aromatic heterocycles. The molecule has 5 nitrogen and oxygen atoms in total. The highest BCUT2D eigenvalue weighted by molar-refractivity contribution is 7.80. The lowest BCUT2D eigenvalue weighted by atomic mass is 10.1. The van der Waals surface area contributed by atoms with Gasteiger partial charge in [0.2, 0.25) is 11.8 Å². The van der Waals surface area contributed by atoms with Gasteiger partial charge in [-0.2, -0.15) is 0 Å². The standard InChI is InChI=1S/C12H16N2O3S/c13-11(15)8-17-6-5-14-12(16)7-9-1-3-10(18)4-2-9/h1-4,18H,5-8H2,(H2,13,15)(H,14,16). The van der Waals surface area contributed by atoms with E-state index in [1.54, 1.807) is 0 Å². The van der Waals surface area contributed by atoms with Gasteiger partial charge in [-0.15, -0.1) is 12.6 Å². The molecule has 1 rings (SSSR count). The average Bonchev–Trinajstić information content (AvgIpc) is 2.31. The van der Waals surface area contributed by atoms with Crippen LogP contribution in [0, 0.1) is 0 Å². The Balaban J connectivity index is 2.17. The summed E-state index contributed by atoms with van der Waals surface area (Å²) in [5.74, 6) is -0.613. The summed E-state index contributed by atoms with van der Waals surface area (Å²) in [6.07, 6.45) is 0.309. The van der Waals surface area contributed by atoms with Gasteiger partial charge in [-0.3, -0.25) is 9.59 Å². The van der Waals surface area contributed by atoms with E-state index in [9.17, 15) is 9.59 Å². The summed E-state index contributed by atoms with van der Waals surface area (Å²) < 4.78 is 4.91. The summed E-state index contributed by atoms with van der Waals surface area (Å²) in [6, 6.07) is 7.38. The number of hydrogen-bond acceptors (Lipinski definition) is 4. The summed E-state index contributed by atoms with van der Waals surface area (Å²) in [5.41, 5.74) is 5.81. The molecule has 0 aliphatic rings. The Morgan fingerprint density at radius 3 is 2.56 bits per heavy atom. The molecule has 3 N–H and O–H groups in total. The maximum absolute atomic E-state index is 11.5. The third-order valence-electron chi connectivity index (χ3n) is 2.11. The van der Waals surface area contributed by atoms with Crippen molar-refractivity contribution in [1.29, 1.82) is 0 Å². The van der Waals surface area contributed by atoms with Crippen LogP contribution in [0.5, 0.6) is 0 Å². The van der Waals surface area contributed by atoms with Crippen molar-refractivity contribution in [3.05, 3.63) is 29.8 Å². The van der Waals surface area contributed by atoms with Gasteiger partial charge in [-0.1, -0.05) is 12.1 Å². The van der Waals surface area contributed by atoms with Crippen LogP contribution in [-0.2, 0) is 20.7 Å².